The van der Waals surface area contributed by atoms with E-state index in [2.05, 4.69) is 27.0 Å². The van der Waals surface area contributed by atoms with Gasteiger partial charge in [0.25, 0.3) is 0 Å². The molecule has 140 valence electrons. The van der Waals surface area contributed by atoms with Crippen LogP contribution < -0.4 is 16.4 Å². The Morgan fingerprint density at radius 2 is 2.11 bits per heavy atom. The first-order valence-corrected chi connectivity index (χ1v) is 9.05. The van der Waals surface area contributed by atoms with Gasteiger partial charge in [0.2, 0.25) is 5.91 Å². The van der Waals surface area contributed by atoms with E-state index in [-0.39, 0.29) is 5.41 Å². The van der Waals surface area contributed by atoms with Gasteiger partial charge in [-0.1, -0.05) is 19.1 Å². The van der Waals surface area contributed by atoms with E-state index in [0.29, 0.717) is 29.0 Å². The number of rotatable bonds is 4. The van der Waals surface area contributed by atoms with E-state index in [9.17, 15) is 4.79 Å². The van der Waals surface area contributed by atoms with Crippen LogP contribution >= 0.6 is 0 Å². The molecule has 1 aliphatic heterocycles. The average Bonchev–Trinajstić information content (AvgIpc) is 3.12. The number of carbonyl (C=O) groups excluding carboxylic acids is 1. The summed E-state index contributed by atoms with van der Waals surface area (Å²) < 4.78 is 0. The standard InChI is InChI=1S/C19H23N7O/c1-19(11-20)5-7-26(8-6-19)14-10-22-16-15(24-25-18(16)23-14)12-3-2-4-13(9-12)17(21)27/h2-4,9-10H,5-8,11,20H2,1H3,(H2,21,27)(H,23,24,25). The molecule has 1 fully saturated rings. The minimum Gasteiger partial charge on any atom is -0.366 e. The summed E-state index contributed by atoms with van der Waals surface area (Å²) in [6.07, 6.45) is 3.86. The second-order valence-corrected chi connectivity index (χ2v) is 7.44. The molecule has 1 aromatic carbocycles. The van der Waals surface area contributed by atoms with Crippen LogP contribution in [0, 0.1) is 5.41 Å². The largest absolute Gasteiger partial charge is 0.366 e. The van der Waals surface area contributed by atoms with Crippen molar-refractivity contribution in [2.45, 2.75) is 19.8 Å². The summed E-state index contributed by atoms with van der Waals surface area (Å²) in [4.78, 5) is 22.9. The van der Waals surface area contributed by atoms with Gasteiger partial charge in [0, 0.05) is 24.2 Å². The first kappa shape index (κ1) is 17.4. The molecule has 0 atom stereocenters. The van der Waals surface area contributed by atoms with Crippen molar-refractivity contribution in [3.63, 3.8) is 0 Å². The van der Waals surface area contributed by atoms with Crippen molar-refractivity contribution >= 4 is 22.9 Å². The number of piperidine rings is 1. The van der Waals surface area contributed by atoms with Gasteiger partial charge >= 0.3 is 0 Å². The van der Waals surface area contributed by atoms with Crippen LogP contribution in [0.1, 0.15) is 30.1 Å². The number of primary amides is 1. The number of benzene rings is 1. The highest BCUT2D eigenvalue weighted by atomic mass is 16.1. The van der Waals surface area contributed by atoms with Crippen LogP contribution in [-0.4, -0.2) is 45.7 Å². The number of nitrogens with two attached hydrogens (primary N) is 2. The van der Waals surface area contributed by atoms with Crippen LogP contribution in [0.15, 0.2) is 30.5 Å². The Balaban J connectivity index is 1.63. The fourth-order valence-corrected chi connectivity index (χ4v) is 3.45. The minimum absolute atomic E-state index is 0.209. The Morgan fingerprint density at radius 1 is 1.33 bits per heavy atom. The quantitative estimate of drug-likeness (QED) is 0.645. The zero-order valence-corrected chi connectivity index (χ0v) is 15.3. The number of anilines is 1. The molecule has 3 aromatic rings. The number of hydrogen-bond acceptors (Lipinski definition) is 6. The van der Waals surface area contributed by atoms with Gasteiger partial charge in [0.1, 0.15) is 17.0 Å². The predicted molar refractivity (Wildman–Crippen MR) is 104 cm³/mol. The van der Waals surface area contributed by atoms with Crippen LogP contribution in [-0.2, 0) is 0 Å². The first-order valence-electron chi connectivity index (χ1n) is 9.05. The third-order valence-corrected chi connectivity index (χ3v) is 5.47. The van der Waals surface area contributed by atoms with Crippen molar-refractivity contribution in [3.8, 4) is 11.3 Å². The predicted octanol–water partition coefficient (Wildman–Crippen LogP) is 1.68. The SMILES string of the molecule is CC1(CN)CCN(c2cnc3c(-c4cccc(C(N)=O)c4)n[nH]c3n2)CC1. The molecular formula is C19H23N7O. The number of aromatic nitrogens is 4. The molecule has 1 amide bonds. The fraction of sp³-hybridized carbons (Fsp3) is 0.368. The summed E-state index contributed by atoms with van der Waals surface area (Å²) in [5.41, 5.74) is 14.6. The number of carbonyl (C=O) groups is 1. The monoisotopic (exact) mass is 365 g/mol. The van der Waals surface area contributed by atoms with Crippen molar-refractivity contribution in [1.29, 1.82) is 0 Å². The van der Waals surface area contributed by atoms with Crippen molar-refractivity contribution in [3.05, 3.63) is 36.0 Å². The van der Waals surface area contributed by atoms with E-state index in [0.717, 1.165) is 37.3 Å². The first-order chi connectivity index (χ1) is 13.0. The average molecular weight is 365 g/mol. The lowest BCUT2D eigenvalue weighted by atomic mass is 9.80. The van der Waals surface area contributed by atoms with Crippen LogP contribution in [0.25, 0.3) is 22.4 Å². The van der Waals surface area contributed by atoms with Gasteiger partial charge in [0.15, 0.2) is 5.65 Å². The molecule has 0 aliphatic carbocycles. The number of fused-ring (bicyclic) bond motifs is 1. The molecule has 4 rings (SSSR count). The molecule has 0 radical (unpaired) electrons. The third kappa shape index (κ3) is 3.23. The summed E-state index contributed by atoms with van der Waals surface area (Å²) in [6, 6.07) is 7.04. The van der Waals surface area contributed by atoms with Crippen LogP contribution in [0.4, 0.5) is 5.82 Å². The summed E-state index contributed by atoms with van der Waals surface area (Å²) in [5.74, 6) is 0.363. The van der Waals surface area contributed by atoms with Crippen molar-refractivity contribution < 1.29 is 4.79 Å². The van der Waals surface area contributed by atoms with Crippen LogP contribution in [0.2, 0.25) is 0 Å². The van der Waals surface area contributed by atoms with Gasteiger partial charge in [-0.25, -0.2) is 9.97 Å². The molecule has 1 saturated heterocycles. The highest BCUT2D eigenvalue weighted by Crippen LogP contribution is 2.32. The smallest absolute Gasteiger partial charge is 0.248 e. The van der Waals surface area contributed by atoms with Gasteiger partial charge in [0.05, 0.1) is 6.20 Å². The van der Waals surface area contributed by atoms with E-state index < -0.39 is 5.91 Å². The minimum atomic E-state index is -0.473. The molecule has 27 heavy (non-hydrogen) atoms. The summed E-state index contributed by atoms with van der Waals surface area (Å²) in [5, 5.41) is 7.31. The maximum absolute atomic E-state index is 11.4. The third-order valence-electron chi connectivity index (χ3n) is 5.47. The van der Waals surface area contributed by atoms with Gasteiger partial charge in [-0.2, -0.15) is 5.10 Å². The molecule has 8 heteroatoms. The van der Waals surface area contributed by atoms with Crippen molar-refractivity contribution in [2.24, 2.45) is 16.9 Å². The normalized spacial score (nSPS) is 16.6. The van der Waals surface area contributed by atoms with Gasteiger partial charge < -0.3 is 16.4 Å². The lowest BCUT2D eigenvalue weighted by Gasteiger charge is -2.39. The number of hydrogen-bond donors (Lipinski definition) is 3. The van der Waals surface area contributed by atoms with Crippen molar-refractivity contribution in [1.82, 2.24) is 20.2 Å². The second kappa shape index (κ2) is 6.62. The highest BCUT2D eigenvalue weighted by molar-refractivity contribution is 5.95. The van der Waals surface area contributed by atoms with E-state index >= 15 is 0 Å². The molecule has 8 nitrogen and oxygen atoms in total. The molecule has 3 heterocycles. The van der Waals surface area contributed by atoms with Crippen molar-refractivity contribution in [2.75, 3.05) is 24.5 Å². The zero-order valence-electron chi connectivity index (χ0n) is 15.3. The van der Waals surface area contributed by atoms with E-state index in [4.69, 9.17) is 16.5 Å². The lowest BCUT2D eigenvalue weighted by molar-refractivity contribution is 0.100. The Kier molecular flexibility index (Phi) is 4.27. The fourth-order valence-electron chi connectivity index (χ4n) is 3.45. The second-order valence-electron chi connectivity index (χ2n) is 7.44. The Labute approximate surface area is 157 Å². The molecule has 5 N–H and O–H groups in total. The lowest BCUT2D eigenvalue weighted by Crippen LogP contribution is -2.42. The number of nitrogens with one attached hydrogen (secondary N) is 1. The summed E-state index contributed by atoms with van der Waals surface area (Å²) >= 11 is 0. The topological polar surface area (TPSA) is 127 Å². The van der Waals surface area contributed by atoms with E-state index in [1.165, 1.54) is 0 Å². The number of amides is 1. The zero-order chi connectivity index (χ0) is 19.0. The Hall–Kier alpha value is -3.00. The van der Waals surface area contributed by atoms with Gasteiger partial charge in [-0.05, 0) is 36.9 Å². The number of H-pyrrole nitrogens is 1. The molecule has 0 saturated carbocycles. The molecule has 0 unspecified atom stereocenters. The molecule has 0 bridgehead atoms. The molecule has 1 aliphatic rings. The molecule has 0 spiro atoms. The van der Waals surface area contributed by atoms with Gasteiger partial charge in [-0.3, -0.25) is 9.89 Å². The maximum atomic E-state index is 11.4. The summed E-state index contributed by atoms with van der Waals surface area (Å²) in [6.45, 7) is 4.77. The van der Waals surface area contributed by atoms with Gasteiger partial charge in [-0.15, -0.1) is 0 Å². The Bertz CT molecular complexity index is 989. The Morgan fingerprint density at radius 3 is 2.81 bits per heavy atom. The number of nitrogens with zero attached hydrogens (tertiary/aromatic N) is 4. The summed E-state index contributed by atoms with van der Waals surface area (Å²) in [7, 11) is 0. The van der Waals surface area contributed by atoms with E-state index in [1.807, 2.05) is 6.07 Å². The number of aromatic amines is 1. The molecular weight excluding hydrogens is 342 g/mol. The maximum Gasteiger partial charge on any atom is 0.248 e. The molecule has 2 aromatic heterocycles. The highest BCUT2D eigenvalue weighted by Gasteiger charge is 2.29. The van der Waals surface area contributed by atoms with E-state index in [1.54, 1.807) is 24.4 Å². The van der Waals surface area contributed by atoms with Crippen LogP contribution in [0.5, 0.6) is 0 Å². The van der Waals surface area contributed by atoms with Crippen LogP contribution in [0.3, 0.4) is 0 Å².